The number of fused-ring (bicyclic) bond motifs is 7. The lowest BCUT2D eigenvalue weighted by Gasteiger charge is -2.74. The molecule has 0 radical (unpaired) electrons. The molecule has 0 aromatic rings. The first kappa shape index (κ1) is 23.8. The number of hydrogen-bond acceptors (Lipinski definition) is 2. The molecule has 5 fully saturated rings. The van der Waals surface area contributed by atoms with Crippen molar-refractivity contribution in [3.8, 4) is 0 Å². The minimum absolute atomic E-state index is 0.0196. The van der Waals surface area contributed by atoms with E-state index in [0.29, 0.717) is 34.7 Å². The third-order valence-corrected chi connectivity index (χ3v) is 13.3. The fourth-order valence-corrected chi connectivity index (χ4v) is 11.0. The summed E-state index contributed by atoms with van der Waals surface area (Å²) < 4.78 is 0. The van der Waals surface area contributed by atoms with Gasteiger partial charge in [-0.25, -0.2) is 0 Å². The van der Waals surface area contributed by atoms with Gasteiger partial charge in [-0.1, -0.05) is 67.5 Å². The molecule has 5 rings (SSSR count). The van der Waals surface area contributed by atoms with Crippen molar-refractivity contribution in [3.63, 3.8) is 0 Å². The Kier molecular flexibility index (Phi) is 4.79. The molecule has 0 unspecified atom stereocenters. The lowest BCUT2D eigenvalue weighted by molar-refractivity contribution is -0.231. The molecule has 0 bridgehead atoms. The Balaban J connectivity index is 1.64. The van der Waals surface area contributed by atoms with Crippen molar-refractivity contribution in [1.29, 1.82) is 0 Å². The monoisotopic (exact) mass is 452 g/mol. The van der Waals surface area contributed by atoms with Crippen molar-refractivity contribution in [2.45, 2.75) is 113 Å². The zero-order valence-corrected chi connectivity index (χ0v) is 22.7. The van der Waals surface area contributed by atoms with Crippen LogP contribution in [0.5, 0.6) is 0 Å². The van der Waals surface area contributed by atoms with Crippen molar-refractivity contribution >= 4 is 11.6 Å². The second kappa shape index (κ2) is 6.64. The maximum absolute atomic E-state index is 14.5. The van der Waals surface area contributed by atoms with Crippen molar-refractivity contribution in [2.24, 2.45) is 56.2 Å². The highest BCUT2D eigenvalue weighted by atomic mass is 16.1. The van der Waals surface area contributed by atoms with Gasteiger partial charge >= 0.3 is 0 Å². The van der Waals surface area contributed by atoms with Crippen LogP contribution in [0.3, 0.4) is 0 Å². The van der Waals surface area contributed by atoms with Gasteiger partial charge in [0.2, 0.25) is 0 Å². The Morgan fingerprint density at radius 1 is 0.818 bits per heavy atom. The number of ketones is 2. The molecule has 0 amide bonds. The lowest BCUT2D eigenvalue weighted by atomic mass is 9.29. The molecule has 0 heterocycles. The molecule has 5 saturated carbocycles. The van der Waals surface area contributed by atoms with Gasteiger partial charge in [-0.3, -0.25) is 9.59 Å². The number of rotatable bonds is 0. The molecule has 9 atom stereocenters. The fraction of sp³-hybridized carbons (Fsp3) is 0.871. The fourth-order valence-electron chi connectivity index (χ4n) is 11.0. The quantitative estimate of drug-likeness (QED) is 0.351. The Labute approximate surface area is 202 Å². The van der Waals surface area contributed by atoms with Gasteiger partial charge in [-0.15, -0.1) is 0 Å². The summed E-state index contributed by atoms with van der Waals surface area (Å²) in [7, 11) is 0. The van der Waals surface area contributed by atoms with Gasteiger partial charge in [-0.2, -0.15) is 0 Å². The van der Waals surface area contributed by atoms with E-state index in [1.54, 1.807) is 0 Å². The second-order valence-electron chi connectivity index (χ2n) is 15.3. The molecular formula is C31H48O2. The van der Waals surface area contributed by atoms with Crippen molar-refractivity contribution in [2.75, 3.05) is 0 Å². The van der Waals surface area contributed by atoms with Crippen LogP contribution in [0.1, 0.15) is 113 Å². The Morgan fingerprint density at radius 3 is 2.12 bits per heavy atom. The number of hydrogen-bond donors (Lipinski definition) is 0. The predicted molar refractivity (Wildman–Crippen MR) is 135 cm³/mol. The summed E-state index contributed by atoms with van der Waals surface area (Å²) >= 11 is 0. The Morgan fingerprint density at radius 2 is 1.45 bits per heavy atom. The zero-order valence-electron chi connectivity index (χ0n) is 22.7. The van der Waals surface area contributed by atoms with E-state index in [1.165, 1.54) is 37.7 Å². The first-order valence-electron chi connectivity index (χ1n) is 13.8. The maximum atomic E-state index is 14.5. The molecule has 33 heavy (non-hydrogen) atoms. The van der Waals surface area contributed by atoms with Crippen LogP contribution in [-0.2, 0) is 9.59 Å². The van der Waals surface area contributed by atoms with E-state index < -0.39 is 0 Å². The number of Topliss-reactive ketones (excluding diaryl/α,β-unsaturated/α-hetero) is 2. The maximum Gasteiger partial charge on any atom is 0.140 e. The van der Waals surface area contributed by atoms with Gasteiger partial charge in [0.05, 0.1) is 0 Å². The molecular weight excluding hydrogens is 404 g/mol. The van der Waals surface area contributed by atoms with Gasteiger partial charge < -0.3 is 0 Å². The highest BCUT2D eigenvalue weighted by molar-refractivity contribution is 5.90. The van der Waals surface area contributed by atoms with Crippen LogP contribution >= 0.6 is 0 Å². The van der Waals surface area contributed by atoms with Crippen LogP contribution < -0.4 is 0 Å². The Hall–Kier alpha value is -0.920. The largest absolute Gasteiger partial charge is 0.299 e. The third kappa shape index (κ3) is 2.73. The highest BCUT2D eigenvalue weighted by Gasteiger charge is 2.74. The minimum Gasteiger partial charge on any atom is -0.299 e. The molecule has 0 spiro atoms. The van der Waals surface area contributed by atoms with Gasteiger partial charge in [0.1, 0.15) is 11.6 Å². The van der Waals surface area contributed by atoms with E-state index in [4.69, 9.17) is 6.58 Å². The second-order valence-corrected chi connectivity index (χ2v) is 15.3. The van der Waals surface area contributed by atoms with Gasteiger partial charge in [0.25, 0.3) is 0 Å². The smallest absolute Gasteiger partial charge is 0.140 e. The summed E-state index contributed by atoms with van der Waals surface area (Å²) in [5.74, 6) is 2.02. The average molecular weight is 453 g/mol. The van der Waals surface area contributed by atoms with E-state index >= 15 is 0 Å². The molecule has 0 aromatic heterocycles. The van der Waals surface area contributed by atoms with Crippen LogP contribution in [0.2, 0.25) is 0 Å². The molecule has 2 nitrogen and oxygen atoms in total. The highest BCUT2D eigenvalue weighted by Crippen LogP contribution is 2.78. The summed E-state index contributed by atoms with van der Waals surface area (Å²) in [4.78, 5) is 27.3. The lowest BCUT2D eigenvalue weighted by Crippen LogP contribution is -2.71. The Bertz CT molecular complexity index is 929. The van der Waals surface area contributed by atoms with Crippen LogP contribution in [-0.4, -0.2) is 11.6 Å². The van der Waals surface area contributed by atoms with Gasteiger partial charge in [0.15, 0.2) is 0 Å². The molecule has 0 saturated heterocycles. The van der Waals surface area contributed by atoms with Gasteiger partial charge in [-0.05, 0) is 89.8 Å². The normalized spacial score (nSPS) is 55.8. The molecule has 0 aliphatic heterocycles. The summed E-state index contributed by atoms with van der Waals surface area (Å²) in [6.07, 6.45) is 9.50. The van der Waals surface area contributed by atoms with Crippen LogP contribution in [0, 0.1) is 56.2 Å². The van der Waals surface area contributed by atoms with Crippen molar-refractivity contribution < 1.29 is 9.59 Å². The topological polar surface area (TPSA) is 34.1 Å². The van der Waals surface area contributed by atoms with E-state index in [2.05, 4.69) is 55.4 Å². The predicted octanol–water partition coefficient (Wildman–Crippen LogP) is 7.80. The third-order valence-electron chi connectivity index (χ3n) is 13.3. The van der Waals surface area contributed by atoms with E-state index in [-0.39, 0.29) is 39.4 Å². The molecule has 184 valence electrons. The summed E-state index contributed by atoms with van der Waals surface area (Å²) in [5.41, 5.74) is 1.59. The number of carbonyl (C=O) groups is 2. The standard InChI is InChI=1S/C31H48O2/c1-19-16-28(6)20(2)21(32)10-11-22(28)31(9)24(33)18-30(8)23-17-26(3,4)12-13-27(23,5)14-15-29(30,7)25(19)31/h20,22-23,25H,1,10-18H2,2-9H3/t20-,22+,23+,25+,27+,28+,29+,30-,31+/m0/s1. The van der Waals surface area contributed by atoms with E-state index in [0.717, 1.165) is 19.3 Å². The molecule has 5 aliphatic rings. The minimum atomic E-state index is -0.384. The molecule has 5 aliphatic carbocycles. The molecule has 0 N–H and O–H groups in total. The van der Waals surface area contributed by atoms with Crippen LogP contribution in [0.4, 0.5) is 0 Å². The zero-order chi connectivity index (χ0) is 24.4. The number of allylic oxidation sites excluding steroid dienone is 1. The summed E-state index contributed by atoms with van der Waals surface area (Å²) in [6, 6.07) is 0. The van der Waals surface area contributed by atoms with E-state index in [1.807, 2.05) is 0 Å². The van der Waals surface area contributed by atoms with E-state index in [9.17, 15) is 9.59 Å². The average Bonchev–Trinajstić information content (AvgIpc) is 2.70. The van der Waals surface area contributed by atoms with Gasteiger partial charge in [0, 0.05) is 24.2 Å². The number of carbonyl (C=O) groups excluding carboxylic acids is 2. The van der Waals surface area contributed by atoms with Crippen molar-refractivity contribution in [3.05, 3.63) is 12.2 Å². The molecule has 0 aromatic carbocycles. The first-order valence-corrected chi connectivity index (χ1v) is 13.8. The first-order chi connectivity index (χ1) is 15.1. The summed E-state index contributed by atoms with van der Waals surface area (Å²) in [6.45, 7) is 23.9. The van der Waals surface area contributed by atoms with Crippen LogP contribution in [0.15, 0.2) is 12.2 Å². The summed E-state index contributed by atoms with van der Waals surface area (Å²) in [5, 5.41) is 0. The van der Waals surface area contributed by atoms with Crippen LogP contribution in [0.25, 0.3) is 0 Å². The SMILES string of the molecule is C=C1C[C@@]2(C)[C@@H](CCC(=O)[C@@H]2C)[C@]2(C)C(=O)C[C@@]3(C)[C@@H]4CC(C)(C)CC[C@]4(C)CC[C@]3(C)[C@@H]12. The molecule has 2 heteroatoms. The van der Waals surface area contributed by atoms with Crippen molar-refractivity contribution in [1.82, 2.24) is 0 Å².